The molecule has 4 aromatic rings. The number of imidazole rings is 1. The van der Waals surface area contributed by atoms with Crippen LogP contribution in [0, 0.1) is 0 Å². The molecule has 2 aromatic heterocycles. The maximum atomic E-state index is 13.1. The summed E-state index contributed by atoms with van der Waals surface area (Å²) in [5, 5.41) is 30.4. The molecule has 3 amide bonds. The second kappa shape index (κ2) is 13.1. The van der Waals surface area contributed by atoms with Crippen LogP contribution in [0.1, 0.15) is 30.3 Å². The minimum absolute atomic E-state index is 0.210. The number of rotatable bonds is 5. The van der Waals surface area contributed by atoms with Gasteiger partial charge in [0, 0.05) is 34.1 Å². The van der Waals surface area contributed by atoms with Crippen LogP contribution in [-0.2, 0) is 14.3 Å². The monoisotopic (exact) mass is 603 g/mol. The first-order chi connectivity index (χ1) is 20.8. The van der Waals surface area contributed by atoms with E-state index >= 15 is 0 Å². The van der Waals surface area contributed by atoms with Crippen LogP contribution in [-0.4, -0.2) is 66.4 Å². The summed E-state index contributed by atoms with van der Waals surface area (Å²) in [4.78, 5) is 45.3. The zero-order valence-electron chi connectivity index (χ0n) is 22.7. The van der Waals surface area contributed by atoms with Crippen molar-refractivity contribution in [3.05, 3.63) is 83.6 Å². The zero-order chi connectivity index (χ0) is 30.3. The van der Waals surface area contributed by atoms with E-state index in [4.69, 9.17) is 11.6 Å². The van der Waals surface area contributed by atoms with Gasteiger partial charge in [0.2, 0.25) is 11.8 Å². The molecule has 2 aromatic carbocycles. The molecular formula is C28H26ClN9O5. The van der Waals surface area contributed by atoms with Crippen LogP contribution < -0.4 is 16.0 Å². The number of aliphatic hydroxyl groups is 1. The second-order valence-corrected chi connectivity index (χ2v) is 9.82. The number of hydrogen-bond acceptors (Lipinski definition) is 9. The molecule has 14 nitrogen and oxygen atoms in total. The number of carbonyl (C=O) groups is 3. The van der Waals surface area contributed by atoms with E-state index in [9.17, 15) is 19.5 Å². The van der Waals surface area contributed by atoms with Gasteiger partial charge in [-0.25, -0.2) is 9.78 Å². The Bertz CT molecular complexity index is 1700. The molecular weight excluding hydrogens is 578 g/mol. The van der Waals surface area contributed by atoms with Crippen LogP contribution in [0.5, 0.6) is 0 Å². The summed E-state index contributed by atoms with van der Waals surface area (Å²) in [6.07, 6.45) is 7.50. The molecule has 2 bridgehead atoms. The number of nitrogens with zero attached hydrogens (tertiary/aromatic N) is 5. The van der Waals surface area contributed by atoms with Gasteiger partial charge in [0.25, 0.3) is 0 Å². The number of tetrazole rings is 1. The van der Waals surface area contributed by atoms with Gasteiger partial charge in [0.15, 0.2) is 0 Å². The number of halogens is 1. The number of H-pyrrole nitrogens is 1. The molecule has 0 saturated heterocycles. The van der Waals surface area contributed by atoms with Crippen molar-refractivity contribution in [2.45, 2.75) is 25.0 Å². The number of fused-ring (bicyclic) bond motifs is 4. The summed E-state index contributed by atoms with van der Waals surface area (Å²) in [7, 11) is 1.24. The van der Waals surface area contributed by atoms with Crippen LogP contribution in [0.25, 0.3) is 23.0 Å². The first-order valence-corrected chi connectivity index (χ1v) is 13.4. The Morgan fingerprint density at radius 3 is 2.88 bits per heavy atom. The fraction of sp³-hybridized carbons (Fsp3) is 0.179. The molecule has 1 aliphatic rings. The lowest BCUT2D eigenvalue weighted by Crippen LogP contribution is -2.27. The standard InChI is InChI=1S/C28H26ClN9O5/c1-43-28(42)32-18-7-8-20-22(12-18)34-26(41)13-19(39)3-2-4-21(27-30-14-23(20)35-27)33-25(40)10-5-16-11-17(29)6-9-24(16)38-15-31-36-37-38/h2-3,5-12,14-15,19,21,39H,4,13H2,1H3,(H,30,35)(H,32,42)(H,33,40)(H,34,41)/b3-2+,10-5+/t19?,21-/m0/s1. The highest BCUT2D eigenvalue weighted by molar-refractivity contribution is 6.30. The molecule has 15 heteroatoms. The van der Waals surface area contributed by atoms with Crippen molar-refractivity contribution in [1.82, 2.24) is 35.5 Å². The van der Waals surface area contributed by atoms with E-state index in [-0.39, 0.29) is 12.8 Å². The molecule has 43 heavy (non-hydrogen) atoms. The van der Waals surface area contributed by atoms with Crippen molar-refractivity contribution in [3.63, 3.8) is 0 Å². The lowest BCUT2D eigenvalue weighted by Gasteiger charge is -2.14. The van der Waals surface area contributed by atoms with E-state index in [1.807, 2.05) is 0 Å². The van der Waals surface area contributed by atoms with E-state index in [1.54, 1.807) is 54.7 Å². The molecule has 1 aliphatic heterocycles. The van der Waals surface area contributed by atoms with E-state index in [0.717, 1.165) is 0 Å². The lowest BCUT2D eigenvalue weighted by molar-refractivity contribution is -0.118. The summed E-state index contributed by atoms with van der Waals surface area (Å²) in [6.45, 7) is 0. The molecule has 0 radical (unpaired) electrons. The van der Waals surface area contributed by atoms with E-state index in [1.165, 1.54) is 30.3 Å². The van der Waals surface area contributed by atoms with Gasteiger partial charge in [0.05, 0.1) is 42.7 Å². The number of aliphatic hydroxyl groups excluding tert-OH is 1. The summed E-state index contributed by atoms with van der Waals surface area (Å²) in [5.74, 6) is -0.415. The molecule has 0 fully saturated rings. The van der Waals surface area contributed by atoms with E-state index in [2.05, 4.69) is 46.2 Å². The van der Waals surface area contributed by atoms with Gasteiger partial charge < -0.3 is 25.5 Å². The van der Waals surface area contributed by atoms with Gasteiger partial charge in [-0.3, -0.25) is 14.9 Å². The molecule has 2 atom stereocenters. The Morgan fingerprint density at radius 2 is 2.09 bits per heavy atom. The summed E-state index contributed by atoms with van der Waals surface area (Å²) >= 11 is 6.18. The van der Waals surface area contributed by atoms with Gasteiger partial charge in [0.1, 0.15) is 12.2 Å². The van der Waals surface area contributed by atoms with E-state index in [0.29, 0.717) is 44.7 Å². The Hall–Kier alpha value is -5.34. The fourth-order valence-corrected chi connectivity index (χ4v) is 4.55. The lowest BCUT2D eigenvalue weighted by atomic mass is 10.1. The molecule has 1 unspecified atom stereocenters. The minimum atomic E-state index is -1.07. The second-order valence-electron chi connectivity index (χ2n) is 9.38. The van der Waals surface area contributed by atoms with Gasteiger partial charge in [-0.05, 0) is 59.3 Å². The third kappa shape index (κ3) is 7.30. The smallest absolute Gasteiger partial charge is 0.411 e. The molecule has 0 aliphatic carbocycles. The van der Waals surface area contributed by atoms with Gasteiger partial charge >= 0.3 is 6.09 Å². The normalized spacial score (nSPS) is 17.5. The molecule has 5 rings (SSSR count). The number of carbonyl (C=O) groups excluding carboxylic acids is 3. The average molecular weight is 604 g/mol. The highest BCUT2D eigenvalue weighted by Crippen LogP contribution is 2.31. The first kappa shape index (κ1) is 29.2. The van der Waals surface area contributed by atoms with Gasteiger partial charge in [-0.2, -0.15) is 4.68 Å². The number of ether oxygens (including phenoxy) is 1. The van der Waals surface area contributed by atoms with Crippen LogP contribution in [0.3, 0.4) is 0 Å². The average Bonchev–Trinajstić information content (AvgIpc) is 3.68. The molecule has 3 heterocycles. The quantitative estimate of drug-likeness (QED) is 0.168. The van der Waals surface area contributed by atoms with Crippen molar-refractivity contribution in [2.75, 3.05) is 17.7 Å². The Labute approximate surface area is 249 Å². The SMILES string of the molecule is COC(=O)Nc1ccc2c(c1)NC(=O)CC(O)/C=C/C[C@H](NC(=O)/C=C/c1cc(Cl)ccc1-n1cnnn1)c1nc-2c[nH]1. The number of nitrogens with one attached hydrogen (secondary N) is 4. The van der Waals surface area contributed by atoms with Crippen molar-refractivity contribution in [1.29, 1.82) is 0 Å². The number of methoxy groups -OCH3 is 1. The molecule has 5 N–H and O–H groups in total. The van der Waals surface area contributed by atoms with E-state index < -0.39 is 30.1 Å². The Balaban J connectivity index is 1.42. The number of aromatic amines is 1. The van der Waals surface area contributed by atoms with Crippen LogP contribution in [0.4, 0.5) is 16.2 Å². The highest BCUT2D eigenvalue weighted by Gasteiger charge is 2.20. The molecule has 0 spiro atoms. The predicted molar refractivity (Wildman–Crippen MR) is 157 cm³/mol. The van der Waals surface area contributed by atoms with Crippen LogP contribution >= 0.6 is 11.6 Å². The number of hydrogen-bond donors (Lipinski definition) is 5. The topological polar surface area (TPSA) is 189 Å². The Kier molecular flexibility index (Phi) is 8.88. The number of aromatic nitrogens is 6. The minimum Gasteiger partial charge on any atom is -0.453 e. The third-order valence-electron chi connectivity index (χ3n) is 6.37. The highest BCUT2D eigenvalue weighted by atomic mass is 35.5. The largest absolute Gasteiger partial charge is 0.453 e. The summed E-state index contributed by atoms with van der Waals surface area (Å²) in [6, 6.07) is 9.37. The molecule has 0 saturated carbocycles. The van der Waals surface area contributed by atoms with Crippen molar-refractivity contribution in [2.24, 2.45) is 0 Å². The van der Waals surface area contributed by atoms with Crippen molar-refractivity contribution < 1.29 is 24.2 Å². The summed E-state index contributed by atoms with van der Waals surface area (Å²) < 4.78 is 6.10. The predicted octanol–water partition coefficient (Wildman–Crippen LogP) is 3.40. The number of benzene rings is 2. The Morgan fingerprint density at radius 1 is 1.23 bits per heavy atom. The van der Waals surface area contributed by atoms with Crippen LogP contribution in [0.2, 0.25) is 5.02 Å². The first-order valence-electron chi connectivity index (χ1n) is 13.0. The van der Waals surface area contributed by atoms with Gasteiger partial charge in [-0.15, -0.1) is 5.10 Å². The van der Waals surface area contributed by atoms with Gasteiger partial charge in [-0.1, -0.05) is 23.8 Å². The van der Waals surface area contributed by atoms with Crippen LogP contribution in [0.15, 0.2) is 67.2 Å². The maximum Gasteiger partial charge on any atom is 0.411 e. The molecule has 220 valence electrons. The maximum absolute atomic E-state index is 13.1. The fourth-order valence-electron chi connectivity index (χ4n) is 4.37. The number of amides is 3. The van der Waals surface area contributed by atoms with Crippen molar-refractivity contribution >= 4 is 47.0 Å². The number of anilines is 2. The zero-order valence-corrected chi connectivity index (χ0v) is 23.4. The van der Waals surface area contributed by atoms with Crippen molar-refractivity contribution in [3.8, 4) is 16.9 Å². The summed E-state index contributed by atoms with van der Waals surface area (Å²) in [5.41, 5.74) is 3.01. The third-order valence-corrected chi connectivity index (χ3v) is 6.60.